The summed E-state index contributed by atoms with van der Waals surface area (Å²) in [7, 11) is 0. The summed E-state index contributed by atoms with van der Waals surface area (Å²) < 4.78 is 6.90. The first-order chi connectivity index (χ1) is 9.92. The molecule has 108 valence electrons. The zero-order chi connectivity index (χ0) is 15.6. The molecule has 0 fully saturated rings. The maximum Gasteiger partial charge on any atom is 0.133 e. The van der Waals surface area contributed by atoms with Crippen molar-refractivity contribution in [2.45, 2.75) is 26.8 Å². The molecule has 0 saturated heterocycles. The van der Waals surface area contributed by atoms with Crippen molar-refractivity contribution in [2.24, 2.45) is 5.73 Å². The molecule has 0 spiro atoms. The summed E-state index contributed by atoms with van der Waals surface area (Å²) in [5, 5.41) is 8.98. The predicted octanol–water partition coefficient (Wildman–Crippen LogP) is 4.75. The van der Waals surface area contributed by atoms with E-state index >= 15 is 0 Å². The lowest BCUT2D eigenvalue weighted by atomic mass is 10.1. The minimum atomic E-state index is -0.0354. The Kier molecular flexibility index (Phi) is 4.66. The van der Waals surface area contributed by atoms with Crippen LogP contribution in [0.25, 0.3) is 0 Å². The van der Waals surface area contributed by atoms with E-state index in [2.05, 4.69) is 22.0 Å². The maximum atomic E-state index is 8.98. The first kappa shape index (κ1) is 15.6. The van der Waals surface area contributed by atoms with Crippen molar-refractivity contribution in [3.63, 3.8) is 0 Å². The molecule has 2 rings (SSSR count). The lowest BCUT2D eigenvalue weighted by Gasteiger charge is -2.14. The van der Waals surface area contributed by atoms with E-state index in [-0.39, 0.29) is 6.04 Å². The summed E-state index contributed by atoms with van der Waals surface area (Å²) in [6.07, 6.45) is 0. The number of aryl methyl sites for hydroxylation is 2. The number of nitriles is 1. The van der Waals surface area contributed by atoms with Crippen LogP contribution in [0.5, 0.6) is 11.5 Å². The zero-order valence-electron chi connectivity index (χ0n) is 12.3. The quantitative estimate of drug-likeness (QED) is 0.873. The van der Waals surface area contributed by atoms with E-state index in [1.807, 2.05) is 51.1 Å². The molecule has 2 aromatic carbocycles. The smallest absolute Gasteiger partial charge is 0.133 e. The Bertz CT molecular complexity index is 694. The van der Waals surface area contributed by atoms with Crippen LogP contribution in [0.4, 0.5) is 0 Å². The number of benzene rings is 2. The van der Waals surface area contributed by atoms with E-state index in [4.69, 9.17) is 15.7 Å². The van der Waals surface area contributed by atoms with Crippen LogP contribution in [-0.2, 0) is 0 Å². The van der Waals surface area contributed by atoms with Gasteiger partial charge in [-0.15, -0.1) is 0 Å². The minimum absolute atomic E-state index is 0.0354. The molecule has 0 aromatic heterocycles. The summed E-state index contributed by atoms with van der Waals surface area (Å²) in [5.74, 6) is 1.52. The molecule has 0 saturated carbocycles. The number of nitrogens with zero attached hydrogens (tertiary/aromatic N) is 1. The summed E-state index contributed by atoms with van der Waals surface area (Å²) in [4.78, 5) is 0. The summed E-state index contributed by atoms with van der Waals surface area (Å²) in [6.45, 7) is 5.82. The van der Waals surface area contributed by atoms with Crippen molar-refractivity contribution in [3.8, 4) is 17.6 Å². The third-order valence-corrected chi connectivity index (χ3v) is 3.96. The Morgan fingerprint density at radius 1 is 1.19 bits per heavy atom. The van der Waals surface area contributed by atoms with E-state index in [1.165, 1.54) is 0 Å². The third kappa shape index (κ3) is 3.44. The fourth-order valence-corrected chi connectivity index (χ4v) is 2.95. The van der Waals surface area contributed by atoms with Crippen molar-refractivity contribution in [1.29, 1.82) is 5.26 Å². The molecular formula is C17H17BrN2O. The molecule has 0 radical (unpaired) electrons. The van der Waals surface area contributed by atoms with Gasteiger partial charge in [-0.1, -0.05) is 22.0 Å². The predicted molar refractivity (Wildman–Crippen MR) is 87.4 cm³/mol. The van der Waals surface area contributed by atoms with Gasteiger partial charge in [0.05, 0.1) is 11.6 Å². The van der Waals surface area contributed by atoms with Gasteiger partial charge in [-0.3, -0.25) is 0 Å². The van der Waals surface area contributed by atoms with Gasteiger partial charge in [-0.2, -0.15) is 5.26 Å². The van der Waals surface area contributed by atoms with Crippen LogP contribution >= 0.6 is 15.9 Å². The summed E-state index contributed by atoms with van der Waals surface area (Å²) >= 11 is 3.52. The fraction of sp³-hybridized carbons (Fsp3) is 0.235. The van der Waals surface area contributed by atoms with E-state index in [0.29, 0.717) is 5.56 Å². The monoisotopic (exact) mass is 344 g/mol. The minimum Gasteiger partial charge on any atom is -0.457 e. The third-order valence-electron chi connectivity index (χ3n) is 3.27. The molecule has 2 N–H and O–H groups in total. The number of hydrogen-bond acceptors (Lipinski definition) is 3. The molecule has 0 amide bonds. The number of halogens is 1. The van der Waals surface area contributed by atoms with Gasteiger partial charge in [0.2, 0.25) is 0 Å². The van der Waals surface area contributed by atoms with Gasteiger partial charge in [0, 0.05) is 10.5 Å². The first-order valence-electron chi connectivity index (χ1n) is 6.66. The lowest BCUT2D eigenvalue weighted by molar-refractivity contribution is 0.474. The van der Waals surface area contributed by atoms with Gasteiger partial charge in [0.25, 0.3) is 0 Å². The number of nitrogens with two attached hydrogens (primary N) is 1. The number of ether oxygens (including phenoxy) is 1. The molecule has 0 aliphatic carbocycles. The Labute approximate surface area is 133 Å². The normalized spacial score (nSPS) is 11.8. The van der Waals surface area contributed by atoms with Gasteiger partial charge in [-0.25, -0.2) is 0 Å². The second-order valence-electron chi connectivity index (χ2n) is 5.13. The molecule has 4 heteroatoms. The van der Waals surface area contributed by atoms with Gasteiger partial charge in [0.15, 0.2) is 0 Å². The highest BCUT2D eigenvalue weighted by Gasteiger charge is 2.10. The summed E-state index contributed by atoms with van der Waals surface area (Å²) in [6, 6.07) is 11.5. The highest BCUT2D eigenvalue weighted by atomic mass is 79.9. The van der Waals surface area contributed by atoms with E-state index in [0.717, 1.165) is 32.7 Å². The van der Waals surface area contributed by atoms with E-state index < -0.39 is 0 Å². The lowest BCUT2D eigenvalue weighted by Crippen LogP contribution is -2.05. The number of hydrogen-bond donors (Lipinski definition) is 1. The molecule has 0 heterocycles. The highest BCUT2D eigenvalue weighted by Crippen LogP contribution is 2.33. The Balaban J connectivity index is 2.35. The number of rotatable bonds is 3. The molecule has 0 aliphatic heterocycles. The Hall–Kier alpha value is -1.83. The molecule has 3 nitrogen and oxygen atoms in total. The first-order valence-corrected chi connectivity index (χ1v) is 7.46. The van der Waals surface area contributed by atoms with Gasteiger partial charge < -0.3 is 10.5 Å². The van der Waals surface area contributed by atoms with E-state index in [9.17, 15) is 0 Å². The molecule has 21 heavy (non-hydrogen) atoms. The Morgan fingerprint density at radius 2 is 1.81 bits per heavy atom. The Morgan fingerprint density at radius 3 is 2.29 bits per heavy atom. The van der Waals surface area contributed by atoms with Gasteiger partial charge >= 0.3 is 0 Å². The molecule has 0 aliphatic rings. The van der Waals surface area contributed by atoms with Gasteiger partial charge in [0.1, 0.15) is 11.5 Å². The van der Waals surface area contributed by atoms with Crippen LogP contribution in [0.1, 0.15) is 35.2 Å². The van der Waals surface area contributed by atoms with Crippen LogP contribution in [0, 0.1) is 25.2 Å². The molecular weight excluding hydrogens is 328 g/mol. The largest absolute Gasteiger partial charge is 0.457 e. The molecule has 1 unspecified atom stereocenters. The van der Waals surface area contributed by atoms with Crippen molar-refractivity contribution in [1.82, 2.24) is 0 Å². The van der Waals surface area contributed by atoms with Gasteiger partial charge in [-0.05, 0) is 61.7 Å². The molecule has 2 aromatic rings. The fourth-order valence-electron chi connectivity index (χ4n) is 2.23. The van der Waals surface area contributed by atoms with Crippen molar-refractivity contribution < 1.29 is 4.74 Å². The summed E-state index contributed by atoms with van der Waals surface area (Å²) in [5.41, 5.74) is 9.46. The van der Waals surface area contributed by atoms with Crippen LogP contribution in [0.2, 0.25) is 0 Å². The second-order valence-corrected chi connectivity index (χ2v) is 5.98. The van der Waals surface area contributed by atoms with Crippen molar-refractivity contribution in [3.05, 3.63) is 57.1 Å². The second kappa shape index (κ2) is 6.30. The van der Waals surface area contributed by atoms with Crippen molar-refractivity contribution >= 4 is 15.9 Å². The molecule has 1 atom stereocenters. The topological polar surface area (TPSA) is 59.0 Å². The van der Waals surface area contributed by atoms with E-state index in [1.54, 1.807) is 0 Å². The SMILES string of the molecule is Cc1cc(C#N)cc(C)c1Oc1ccc(C(C)N)c(Br)c1. The van der Waals surface area contributed by atoms with Crippen LogP contribution in [0.3, 0.4) is 0 Å². The average Bonchev–Trinajstić information content (AvgIpc) is 2.42. The molecule has 0 bridgehead atoms. The maximum absolute atomic E-state index is 8.98. The van der Waals surface area contributed by atoms with Crippen LogP contribution < -0.4 is 10.5 Å². The standard InChI is InChI=1S/C17H17BrN2O/c1-10-6-13(9-19)7-11(2)17(10)21-14-4-5-15(12(3)20)16(18)8-14/h4-8,12H,20H2,1-3H3. The van der Waals surface area contributed by atoms with Crippen molar-refractivity contribution in [2.75, 3.05) is 0 Å². The average molecular weight is 345 g/mol. The highest BCUT2D eigenvalue weighted by molar-refractivity contribution is 9.10. The van der Waals surface area contributed by atoms with Crippen LogP contribution in [-0.4, -0.2) is 0 Å². The van der Waals surface area contributed by atoms with Crippen LogP contribution in [0.15, 0.2) is 34.8 Å². The zero-order valence-corrected chi connectivity index (χ0v) is 13.9.